The van der Waals surface area contributed by atoms with E-state index in [-0.39, 0.29) is 5.75 Å². The fraction of sp³-hybridized carbons (Fsp3) is 0.0714. The van der Waals surface area contributed by atoms with E-state index in [0.717, 1.165) is 12.1 Å². The molecule has 1 N–H and O–H groups in total. The first-order chi connectivity index (χ1) is 10.9. The number of alkyl halides is 2. The highest BCUT2D eigenvalue weighted by Gasteiger charge is 2.24. The van der Waals surface area contributed by atoms with Crippen LogP contribution < -0.4 is 14.2 Å². The molecule has 0 aliphatic carbocycles. The molecule has 23 heavy (non-hydrogen) atoms. The fourth-order valence-electron chi connectivity index (χ4n) is 1.65. The maximum absolute atomic E-state index is 12.3. The summed E-state index contributed by atoms with van der Waals surface area (Å²) in [6.07, 6.45) is -1.27. The molecule has 0 aliphatic rings. The summed E-state index contributed by atoms with van der Waals surface area (Å²) in [5, 5.41) is 0. The third kappa shape index (κ3) is 4.65. The molecule has 122 valence electrons. The van der Waals surface area contributed by atoms with Crippen molar-refractivity contribution in [3.8, 4) is 11.5 Å². The van der Waals surface area contributed by atoms with E-state index < -0.39 is 33.4 Å². The number of sulfonamides is 1. The predicted molar refractivity (Wildman–Crippen MR) is 75.9 cm³/mol. The first kappa shape index (κ1) is 16.7. The molecular weight excluding hydrogens is 332 g/mol. The lowest BCUT2D eigenvalue weighted by Crippen LogP contribution is -2.33. The average Bonchev–Trinajstić information content (AvgIpc) is 2.47. The van der Waals surface area contributed by atoms with Crippen LogP contribution >= 0.6 is 0 Å². The highest BCUT2D eigenvalue weighted by atomic mass is 32.2. The zero-order chi connectivity index (χ0) is 16.9. The van der Waals surface area contributed by atoms with Gasteiger partial charge in [-0.15, -0.1) is 0 Å². The van der Waals surface area contributed by atoms with Crippen LogP contribution in [-0.2, 0) is 10.0 Å². The molecule has 0 heterocycles. The van der Waals surface area contributed by atoms with Crippen molar-refractivity contribution < 1.29 is 31.5 Å². The van der Waals surface area contributed by atoms with E-state index in [0.29, 0.717) is 0 Å². The molecule has 0 bridgehead atoms. The zero-order valence-electron chi connectivity index (χ0n) is 11.5. The maximum atomic E-state index is 12.3. The van der Waals surface area contributed by atoms with Gasteiger partial charge in [-0.3, -0.25) is 0 Å². The Balaban J connectivity index is 2.17. The van der Waals surface area contributed by atoms with Gasteiger partial charge in [0.15, 0.2) is 0 Å². The molecule has 2 aromatic carbocycles. The second kappa shape index (κ2) is 7.05. The summed E-state index contributed by atoms with van der Waals surface area (Å²) < 4.78 is 59.3. The average molecular weight is 343 g/mol. The van der Waals surface area contributed by atoms with Crippen LogP contribution in [0.15, 0.2) is 59.5 Å². The third-order valence-electron chi connectivity index (χ3n) is 2.53. The van der Waals surface area contributed by atoms with E-state index >= 15 is 0 Å². The van der Waals surface area contributed by atoms with Crippen LogP contribution in [0, 0.1) is 0 Å². The monoisotopic (exact) mass is 343 g/mol. The second-order valence-electron chi connectivity index (χ2n) is 4.13. The maximum Gasteiger partial charge on any atom is 0.426 e. The lowest BCUT2D eigenvalue weighted by atomic mass is 10.3. The number of hydrogen-bond donors (Lipinski definition) is 1. The van der Waals surface area contributed by atoms with Gasteiger partial charge < -0.3 is 9.47 Å². The van der Waals surface area contributed by atoms with Gasteiger partial charge in [0.1, 0.15) is 16.4 Å². The van der Waals surface area contributed by atoms with Crippen molar-refractivity contribution in [2.45, 2.75) is 11.5 Å². The van der Waals surface area contributed by atoms with Crippen LogP contribution in [0.25, 0.3) is 0 Å². The van der Waals surface area contributed by atoms with Crippen molar-refractivity contribution in [1.82, 2.24) is 4.72 Å². The number of nitrogens with one attached hydrogen (secondary N) is 1. The number of para-hydroxylation sites is 2. The van der Waals surface area contributed by atoms with E-state index in [1.807, 2.05) is 0 Å². The molecule has 2 rings (SSSR count). The smallest absolute Gasteiger partial charge is 0.426 e. The molecule has 0 aromatic heterocycles. The molecule has 0 saturated heterocycles. The molecule has 0 fully saturated rings. The minimum atomic E-state index is -4.44. The van der Waals surface area contributed by atoms with E-state index in [1.165, 1.54) is 24.3 Å². The van der Waals surface area contributed by atoms with Gasteiger partial charge in [-0.2, -0.15) is 8.78 Å². The minimum Gasteiger partial charge on any atom is -0.433 e. The quantitative estimate of drug-likeness (QED) is 0.903. The van der Waals surface area contributed by atoms with Crippen molar-refractivity contribution in [2.75, 3.05) is 0 Å². The van der Waals surface area contributed by atoms with Gasteiger partial charge in [0.05, 0.1) is 0 Å². The van der Waals surface area contributed by atoms with Crippen LogP contribution in [0.4, 0.5) is 13.6 Å². The first-order valence-electron chi connectivity index (χ1n) is 6.22. The summed E-state index contributed by atoms with van der Waals surface area (Å²) >= 11 is 0. The number of hydrogen-bond acceptors (Lipinski definition) is 5. The summed E-state index contributed by atoms with van der Waals surface area (Å²) in [7, 11) is -4.44. The topological polar surface area (TPSA) is 81.7 Å². The number of carbonyl (C=O) groups excluding carboxylic acids is 1. The second-order valence-corrected chi connectivity index (χ2v) is 5.78. The SMILES string of the molecule is O=C(NS(=O)(=O)c1ccccc1OC(F)F)Oc1ccccc1. The summed E-state index contributed by atoms with van der Waals surface area (Å²) in [5.74, 6) is -0.458. The Morgan fingerprint density at radius 2 is 1.61 bits per heavy atom. The number of carbonyl (C=O) groups is 1. The molecule has 1 amide bonds. The van der Waals surface area contributed by atoms with Crippen LogP contribution in [0.2, 0.25) is 0 Å². The van der Waals surface area contributed by atoms with Gasteiger partial charge >= 0.3 is 12.7 Å². The van der Waals surface area contributed by atoms with Crippen LogP contribution in [0.1, 0.15) is 0 Å². The molecule has 0 aliphatic heterocycles. The Bertz CT molecular complexity index is 781. The zero-order valence-corrected chi connectivity index (χ0v) is 12.3. The Morgan fingerprint density at radius 1 is 1.00 bits per heavy atom. The molecule has 0 radical (unpaired) electrons. The number of benzene rings is 2. The lowest BCUT2D eigenvalue weighted by Gasteiger charge is -2.12. The van der Waals surface area contributed by atoms with E-state index in [9.17, 15) is 22.0 Å². The van der Waals surface area contributed by atoms with Crippen molar-refractivity contribution in [3.63, 3.8) is 0 Å². The van der Waals surface area contributed by atoms with E-state index in [4.69, 9.17) is 4.74 Å². The van der Waals surface area contributed by atoms with Crippen molar-refractivity contribution >= 4 is 16.1 Å². The van der Waals surface area contributed by atoms with Gasteiger partial charge in [0.25, 0.3) is 10.0 Å². The highest BCUT2D eigenvalue weighted by molar-refractivity contribution is 7.90. The number of ether oxygens (including phenoxy) is 2. The van der Waals surface area contributed by atoms with Crippen LogP contribution in [0.3, 0.4) is 0 Å². The number of rotatable bonds is 5. The Labute approximate surface area is 130 Å². The standard InChI is InChI=1S/C14H11F2NO5S/c15-13(16)22-11-8-4-5-9-12(11)23(19,20)17-14(18)21-10-6-2-1-3-7-10/h1-9,13H,(H,17,18). The third-order valence-corrected chi connectivity index (χ3v) is 3.88. The number of amides is 1. The summed E-state index contributed by atoms with van der Waals surface area (Å²) in [5.41, 5.74) is 0. The Kier molecular flexibility index (Phi) is 5.12. The van der Waals surface area contributed by atoms with Crippen LogP contribution in [-0.4, -0.2) is 21.1 Å². The largest absolute Gasteiger partial charge is 0.433 e. The molecule has 0 spiro atoms. The van der Waals surface area contributed by atoms with E-state index in [2.05, 4.69) is 4.74 Å². The van der Waals surface area contributed by atoms with Gasteiger partial charge in [-0.05, 0) is 24.3 Å². The van der Waals surface area contributed by atoms with Gasteiger partial charge in [0.2, 0.25) is 0 Å². The highest BCUT2D eigenvalue weighted by Crippen LogP contribution is 2.24. The lowest BCUT2D eigenvalue weighted by molar-refractivity contribution is -0.0517. The van der Waals surface area contributed by atoms with Gasteiger partial charge in [-0.1, -0.05) is 30.3 Å². The summed E-state index contributed by atoms with van der Waals surface area (Å²) in [6.45, 7) is -3.21. The first-order valence-corrected chi connectivity index (χ1v) is 7.70. The molecule has 0 unspecified atom stereocenters. The predicted octanol–water partition coefficient (Wildman–Crippen LogP) is 2.77. The van der Waals surface area contributed by atoms with Crippen molar-refractivity contribution in [3.05, 3.63) is 54.6 Å². The number of halogens is 2. The molecule has 9 heteroatoms. The van der Waals surface area contributed by atoms with Crippen molar-refractivity contribution in [1.29, 1.82) is 0 Å². The van der Waals surface area contributed by atoms with Gasteiger partial charge in [0, 0.05) is 0 Å². The molecule has 0 atom stereocenters. The molecule has 0 saturated carbocycles. The summed E-state index contributed by atoms with van der Waals surface area (Å²) in [4.78, 5) is 11.0. The Morgan fingerprint density at radius 3 is 2.26 bits per heavy atom. The Hall–Kier alpha value is -2.68. The summed E-state index contributed by atoms with van der Waals surface area (Å²) in [6, 6.07) is 12.4. The van der Waals surface area contributed by atoms with E-state index in [1.54, 1.807) is 22.9 Å². The van der Waals surface area contributed by atoms with Crippen LogP contribution in [0.5, 0.6) is 11.5 Å². The van der Waals surface area contributed by atoms with Gasteiger partial charge in [-0.25, -0.2) is 17.9 Å². The molecule has 2 aromatic rings. The molecule has 6 nitrogen and oxygen atoms in total. The minimum absolute atomic E-state index is 0.123. The normalized spacial score (nSPS) is 11.1. The molecular formula is C14H11F2NO5S. The van der Waals surface area contributed by atoms with Crippen molar-refractivity contribution in [2.24, 2.45) is 0 Å². The fourth-order valence-corrected chi connectivity index (χ4v) is 2.66.